The van der Waals surface area contributed by atoms with Crippen LogP contribution in [-0.4, -0.2) is 24.0 Å². The molecule has 1 aliphatic carbocycles. The number of benzene rings is 1. The Morgan fingerprint density at radius 3 is 2.50 bits per heavy atom. The molecular formula is C18H22Cl2FN3O2. The zero-order valence-electron chi connectivity index (χ0n) is 14.1. The predicted octanol–water partition coefficient (Wildman–Crippen LogP) is 3.47. The van der Waals surface area contributed by atoms with Gasteiger partial charge < -0.3 is 15.4 Å². The van der Waals surface area contributed by atoms with Gasteiger partial charge in [0.25, 0.3) is 0 Å². The van der Waals surface area contributed by atoms with Crippen molar-refractivity contribution in [3.05, 3.63) is 54.0 Å². The van der Waals surface area contributed by atoms with E-state index in [1.165, 1.54) is 25.0 Å². The molecule has 0 spiro atoms. The molecule has 26 heavy (non-hydrogen) atoms. The maximum absolute atomic E-state index is 12.8. The van der Waals surface area contributed by atoms with E-state index in [0.717, 1.165) is 18.0 Å². The number of aromatic nitrogens is 1. The van der Waals surface area contributed by atoms with Crippen LogP contribution in [0.15, 0.2) is 42.6 Å². The minimum Gasteiger partial charge on any atom is -0.439 e. The minimum absolute atomic E-state index is 0. The molecule has 1 aromatic carbocycles. The highest BCUT2D eigenvalue weighted by molar-refractivity contribution is 5.85. The molecule has 0 saturated heterocycles. The summed E-state index contributed by atoms with van der Waals surface area (Å²) in [5.74, 6) is 1.36. The van der Waals surface area contributed by atoms with Crippen molar-refractivity contribution in [2.45, 2.75) is 19.4 Å². The van der Waals surface area contributed by atoms with Gasteiger partial charge in [-0.25, -0.2) is 9.37 Å². The molecule has 1 aliphatic rings. The molecule has 2 aromatic rings. The lowest BCUT2D eigenvalue weighted by Gasteiger charge is -2.08. The number of halogens is 3. The largest absolute Gasteiger partial charge is 0.439 e. The van der Waals surface area contributed by atoms with E-state index in [0.29, 0.717) is 24.7 Å². The molecule has 0 bridgehead atoms. The predicted molar refractivity (Wildman–Crippen MR) is 103 cm³/mol. The van der Waals surface area contributed by atoms with Crippen LogP contribution in [0.5, 0.6) is 11.6 Å². The highest BCUT2D eigenvalue weighted by Gasteiger charge is 2.20. The van der Waals surface area contributed by atoms with E-state index in [1.807, 2.05) is 6.07 Å². The van der Waals surface area contributed by atoms with Gasteiger partial charge in [-0.3, -0.25) is 4.79 Å². The Balaban J connectivity index is 0.00000169. The van der Waals surface area contributed by atoms with Gasteiger partial charge in [-0.05, 0) is 55.1 Å². The number of carbonyl (C=O) groups excluding carboxylic acids is 1. The van der Waals surface area contributed by atoms with Crippen LogP contribution in [-0.2, 0) is 11.3 Å². The van der Waals surface area contributed by atoms with Crippen LogP contribution < -0.4 is 15.4 Å². The summed E-state index contributed by atoms with van der Waals surface area (Å²) in [6.07, 6.45) is 4.19. The quantitative estimate of drug-likeness (QED) is 0.710. The Morgan fingerprint density at radius 1 is 1.15 bits per heavy atom. The van der Waals surface area contributed by atoms with Crippen molar-refractivity contribution in [3.8, 4) is 11.6 Å². The van der Waals surface area contributed by atoms with Gasteiger partial charge in [0.2, 0.25) is 11.8 Å². The lowest BCUT2D eigenvalue weighted by atomic mass is 10.3. The highest BCUT2D eigenvalue weighted by atomic mass is 35.5. The average Bonchev–Trinajstić information content (AvgIpc) is 3.41. The van der Waals surface area contributed by atoms with Crippen LogP contribution in [0, 0.1) is 11.7 Å². The normalized spacial score (nSPS) is 12.5. The molecule has 1 saturated carbocycles. The third-order valence-electron chi connectivity index (χ3n) is 3.74. The SMILES string of the molecule is Cl.Cl.O=C(CNCC1CC1)NCc1ccc(Oc2ccc(F)cc2)nc1. The number of hydrogen-bond donors (Lipinski definition) is 2. The van der Waals surface area contributed by atoms with Crippen molar-refractivity contribution in [3.63, 3.8) is 0 Å². The summed E-state index contributed by atoms with van der Waals surface area (Å²) in [5.41, 5.74) is 0.886. The first-order chi connectivity index (χ1) is 11.7. The van der Waals surface area contributed by atoms with Crippen molar-refractivity contribution < 1.29 is 13.9 Å². The summed E-state index contributed by atoms with van der Waals surface area (Å²) in [6, 6.07) is 9.30. The van der Waals surface area contributed by atoms with Gasteiger partial charge in [0.05, 0.1) is 6.54 Å². The molecule has 1 fully saturated rings. The smallest absolute Gasteiger partial charge is 0.234 e. The van der Waals surface area contributed by atoms with Crippen molar-refractivity contribution in [2.24, 2.45) is 5.92 Å². The Hall–Kier alpha value is -1.89. The molecule has 2 N–H and O–H groups in total. The topological polar surface area (TPSA) is 63.2 Å². The maximum Gasteiger partial charge on any atom is 0.234 e. The Kier molecular flexibility index (Phi) is 9.34. The van der Waals surface area contributed by atoms with Gasteiger partial charge in [0.1, 0.15) is 11.6 Å². The van der Waals surface area contributed by atoms with Crippen molar-refractivity contribution in [1.82, 2.24) is 15.6 Å². The van der Waals surface area contributed by atoms with Gasteiger partial charge in [0, 0.05) is 18.8 Å². The molecule has 1 amide bonds. The molecule has 0 aliphatic heterocycles. The van der Waals surface area contributed by atoms with Crippen LogP contribution in [0.3, 0.4) is 0 Å². The van der Waals surface area contributed by atoms with Crippen LogP contribution in [0.2, 0.25) is 0 Å². The fraction of sp³-hybridized carbons (Fsp3) is 0.333. The number of pyridine rings is 1. The third-order valence-corrected chi connectivity index (χ3v) is 3.74. The molecule has 0 unspecified atom stereocenters. The Morgan fingerprint density at radius 2 is 1.88 bits per heavy atom. The summed E-state index contributed by atoms with van der Waals surface area (Å²) in [4.78, 5) is 15.9. The number of rotatable bonds is 8. The van der Waals surface area contributed by atoms with Crippen LogP contribution in [0.25, 0.3) is 0 Å². The third kappa shape index (κ3) is 7.56. The van der Waals surface area contributed by atoms with Crippen LogP contribution in [0.4, 0.5) is 4.39 Å². The lowest BCUT2D eigenvalue weighted by molar-refractivity contribution is -0.120. The minimum atomic E-state index is -0.312. The van der Waals surface area contributed by atoms with Crippen molar-refractivity contribution in [2.75, 3.05) is 13.1 Å². The summed E-state index contributed by atoms with van der Waals surface area (Å²) < 4.78 is 18.4. The molecule has 0 radical (unpaired) electrons. The second kappa shape index (κ2) is 11.0. The van der Waals surface area contributed by atoms with E-state index >= 15 is 0 Å². The molecule has 3 rings (SSSR count). The number of ether oxygens (including phenoxy) is 1. The summed E-state index contributed by atoms with van der Waals surface area (Å²) in [6.45, 7) is 1.69. The number of nitrogens with zero attached hydrogens (tertiary/aromatic N) is 1. The zero-order chi connectivity index (χ0) is 16.8. The van der Waals surface area contributed by atoms with Crippen molar-refractivity contribution in [1.29, 1.82) is 0 Å². The van der Waals surface area contributed by atoms with Gasteiger partial charge in [-0.15, -0.1) is 24.8 Å². The number of amides is 1. The standard InChI is InChI=1S/C18H20FN3O2.2ClH/c19-15-4-6-16(7-5-15)24-18-8-3-14(11-22-18)10-21-17(23)12-20-9-13-1-2-13;;/h3-8,11,13,20H,1-2,9-10,12H2,(H,21,23);2*1H. The summed E-state index contributed by atoms with van der Waals surface area (Å²) in [5, 5.41) is 5.99. The van der Waals surface area contributed by atoms with E-state index < -0.39 is 0 Å². The molecule has 0 atom stereocenters. The summed E-state index contributed by atoms with van der Waals surface area (Å²) in [7, 11) is 0. The monoisotopic (exact) mass is 401 g/mol. The molecule has 8 heteroatoms. The molecular weight excluding hydrogens is 380 g/mol. The Labute approximate surface area is 164 Å². The van der Waals surface area contributed by atoms with E-state index in [-0.39, 0.29) is 36.5 Å². The first-order valence-electron chi connectivity index (χ1n) is 8.05. The fourth-order valence-corrected chi connectivity index (χ4v) is 2.17. The van der Waals surface area contributed by atoms with Gasteiger partial charge in [-0.1, -0.05) is 6.07 Å². The second-order valence-electron chi connectivity index (χ2n) is 5.91. The summed E-state index contributed by atoms with van der Waals surface area (Å²) >= 11 is 0. The van der Waals surface area contributed by atoms with Gasteiger partial charge in [-0.2, -0.15) is 0 Å². The Bertz CT molecular complexity index is 680. The maximum atomic E-state index is 12.8. The van der Waals surface area contributed by atoms with Crippen LogP contribution in [0.1, 0.15) is 18.4 Å². The van der Waals surface area contributed by atoms with E-state index in [2.05, 4.69) is 15.6 Å². The van der Waals surface area contributed by atoms with Crippen molar-refractivity contribution >= 4 is 30.7 Å². The molecule has 5 nitrogen and oxygen atoms in total. The number of carbonyl (C=O) groups is 1. The van der Waals surface area contributed by atoms with Gasteiger partial charge in [0.15, 0.2) is 0 Å². The fourth-order valence-electron chi connectivity index (χ4n) is 2.17. The number of nitrogens with one attached hydrogen (secondary N) is 2. The highest BCUT2D eigenvalue weighted by Crippen LogP contribution is 2.27. The van der Waals surface area contributed by atoms with E-state index in [4.69, 9.17) is 4.74 Å². The zero-order valence-corrected chi connectivity index (χ0v) is 15.7. The van der Waals surface area contributed by atoms with Gasteiger partial charge >= 0.3 is 0 Å². The average molecular weight is 402 g/mol. The molecule has 1 heterocycles. The molecule has 142 valence electrons. The first-order valence-corrected chi connectivity index (χ1v) is 8.05. The lowest BCUT2D eigenvalue weighted by Crippen LogP contribution is -2.34. The first kappa shape index (κ1) is 22.2. The van der Waals surface area contributed by atoms with E-state index in [1.54, 1.807) is 24.4 Å². The number of hydrogen-bond acceptors (Lipinski definition) is 4. The van der Waals surface area contributed by atoms with Crippen LogP contribution >= 0.6 is 24.8 Å². The molecule has 1 aromatic heterocycles. The second-order valence-corrected chi connectivity index (χ2v) is 5.91. The van der Waals surface area contributed by atoms with E-state index in [9.17, 15) is 9.18 Å².